The van der Waals surface area contributed by atoms with Gasteiger partial charge in [-0.05, 0) is 76.8 Å². The number of carbonyl (C=O) groups excluding carboxylic acids is 1. The Balaban J connectivity index is 1.62. The normalized spacial score (nSPS) is 16.2. The molecule has 4 rings (SSSR count). The fourth-order valence-corrected chi connectivity index (χ4v) is 5.60. The second kappa shape index (κ2) is 11.7. The highest BCUT2D eigenvalue weighted by Gasteiger charge is 2.27. The van der Waals surface area contributed by atoms with Gasteiger partial charge in [0.2, 0.25) is 11.8 Å². The van der Waals surface area contributed by atoms with Gasteiger partial charge in [-0.25, -0.2) is 22.9 Å². The Hall–Kier alpha value is -3.86. The molecule has 10 nitrogen and oxygen atoms in total. The minimum absolute atomic E-state index is 0.00189. The molecule has 1 unspecified atom stereocenters. The van der Waals surface area contributed by atoms with Crippen LogP contribution in [-0.4, -0.2) is 54.2 Å². The first-order chi connectivity index (χ1) is 18.8. The van der Waals surface area contributed by atoms with Crippen molar-refractivity contribution in [2.24, 2.45) is 0 Å². The molecule has 3 aromatic rings. The van der Waals surface area contributed by atoms with Gasteiger partial charge < -0.3 is 20.1 Å². The summed E-state index contributed by atoms with van der Waals surface area (Å²) in [5, 5.41) is 0. The Morgan fingerprint density at radius 2 is 1.73 bits per heavy atom. The number of hydrogen-bond acceptors (Lipinski definition) is 8. The summed E-state index contributed by atoms with van der Waals surface area (Å²) in [6.07, 6.45) is 1.43. The zero-order chi connectivity index (χ0) is 29.1. The number of likely N-dealkylation sites (tertiary alicyclic amines) is 1. The molecule has 1 atom stereocenters. The number of benzene rings is 2. The van der Waals surface area contributed by atoms with Crippen molar-refractivity contribution in [1.29, 1.82) is 0 Å². The van der Waals surface area contributed by atoms with E-state index in [4.69, 9.17) is 15.2 Å². The molecule has 0 radical (unpaired) electrons. The highest BCUT2D eigenvalue weighted by Crippen LogP contribution is 2.30. The molecule has 0 bridgehead atoms. The Morgan fingerprint density at radius 1 is 1.02 bits per heavy atom. The number of hydrogen-bond donors (Lipinski definition) is 2. The lowest BCUT2D eigenvalue weighted by Crippen LogP contribution is -2.37. The van der Waals surface area contributed by atoms with Crippen LogP contribution < -0.4 is 15.2 Å². The van der Waals surface area contributed by atoms with Gasteiger partial charge in [0, 0.05) is 36.8 Å². The Kier molecular flexibility index (Phi) is 8.53. The first-order valence-corrected chi connectivity index (χ1v) is 14.8. The summed E-state index contributed by atoms with van der Waals surface area (Å²) in [6, 6.07) is 13.6. The van der Waals surface area contributed by atoms with E-state index in [-0.39, 0.29) is 28.9 Å². The fourth-order valence-electron chi connectivity index (χ4n) is 4.60. The number of carbonyl (C=O) groups is 1. The molecule has 1 saturated heterocycles. The largest absolute Gasteiger partial charge is 0.474 e. The SMILES string of the molecule is Cc1cccc(C)c1-c1cc(OC2CCCN(C(=O)OC(C)(C)C)CC2)nc(NS(=O)(=O)c2cccc(N)c2)n1. The first-order valence-electron chi connectivity index (χ1n) is 13.3. The summed E-state index contributed by atoms with van der Waals surface area (Å²) < 4.78 is 40.6. The molecule has 2 aromatic carbocycles. The number of nitrogens with zero attached hydrogens (tertiary/aromatic N) is 3. The maximum Gasteiger partial charge on any atom is 0.410 e. The van der Waals surface area contributed by atoms with Crippen molar-refractivity contribution < 1.29 is 22.7 Å². The van der Waals surface area contributed by atoms with Gasteiger partial charge in [-0.2, -0.15) is 4.98 Å². The summed E-state index contributed by atoms with van der Waals surface area (Å²) in [4.78, 5) is 23.3. The molecule has 40 heavy (non-hydrogen) atoms. The monoisotopic (exact) mass is 567 g/mol. The lowest BCUT2D eigenvalue weighted by molar-refractivity contribution is 0.0252. The van der Waals surface area contributed by atoms with Crippen molar-refractivity contribution in [3.8, 4) is 17.1 Å². The van der Waals surface area contributed by atoms with E-state index in [0.717, 1.165) is 23.1 Å². The van der Waals surface area contributed by atoms with Gasteiger partial charge in [0.1, 0.15) is 11.7 Å². The molecule has 1 fully saturated rings. The molecule has 1 amide bonds. The highest BCUT2D eigenvalue weighted by atomic mass is 32.2. The van der Waals surface area contributed by atoms with Crippen LogP contribution >= 0.6 is 0 Å². The van der Waals surface area contributed by atoms with Crippen LogP contribution in [0.1, 0.15) is 51.2 Å². The van der Waals surface area contributed by atoms with E-state index >= 15 is 0 Å². The lowest BCUT2D eigenvalue weighted by atomic mass is 10.00. The van der Waals surface area contributed by atoms with E-state index in [2.05, 4.69) is 14.7 Å². The van der Waals surface area contributed by atoms with Crippen molar-refractivity contribution in [2.45, 2.75) is 70.5 Å². The van der Waals surface area contributed by atoms with Gasteiger partial charge in [0.25, 0.3) is 10.0 Å². The Morgan fingerprint density at radius 3 is 2.40 bits per heavy atom. The molecule has 214 valence electrons. The number of sulfonamides is 1. The van der Waals surface area contributed by atoms with Gasteiger partial charge in [-0.1, -0.05) is 24.3 Å². The number of ether oxygens (including phenoxy) is 2. The van der Waals surface area contributed by atoms with Gasteiger partial charge in [-0.3, -0.25) is 0 Å². The molecule has 0 aliphatic carbocycles. The number of aryl methyl sites for hydroxylation is 2. The van der Waals surface area contributed by atoms with E-state index in [1.807, 2.05) is 52.8 Å². The van der Waals surface area contributed by atoms with Crippen LogP contribution in [0, 0.1) is 13.8 Å². The summed E-state index contributed by atoms with van der Waals surface area (Å²) >= 11 is 0. The van der Waals surface area contributed by atoms with Crippen LogP contribution in [0.5, 0.6) is 5.88 Å². The van der Waals surface area contributed by atoms with Crippen molar-refractivity contribution in [2.75, 3.05) is 23.5 Å². The minimum atomic E-state index is -4.01. The molecule has 1 aromatic heterocycles. The number of aromatic nitrogens is 2. The third-order valence-electron chi connectivity index (χ3n) is 6.45. The molecule has 11 heteroatoms. The average Bonchev–Trinajstić information content (AvgIpc) is 3.08. The molecule has 3 N–H and O–H groups in total. The third-order valence-corrected chi connectivity index (χ3v) is 7.77. The van der Waals surface area contributed by atoms with E-state index in [1.165, 1.54) is 12.1 Å². The smallest absolute Gasteiger partial charge is 0.410 e. The fraction of sp³-hybridized carbons (Fsp3) is 0.414. The predicted octanol–water partition coefficient (Wildman–Crippen LogP) is 5.31. The van der Waals surface area contributed by atoms with Crippen LogP contribution in [0.15, 0.2) is 53.4 Å². The summed E-state index contributed by atoms with van der Waals surface area (Å²) in [7, 11) is -4.01. The molecule has 2 heterocycles. The molecule has 1 aliphatic heterocycles. The van der Waals surface area contributed by atoms with Gasteiger partial charge in [-0.15, -0.1) is 0 Å². The van der Waals surface area contributed by atoms with Crippen LogP contribution in [-0.2, 0) is 14.8 Å². The topological polar surface area (TPSA) is 137 Å². The van der Waals surface area contributed by atoms with Crippen molar-refractivity contribution >= 4 is 27.8 Å². The van der Waals surface area contributed by atoms with Crippen molar-refractivity contribution in [3.05, 3.63) is 59.7 Å². The van der Waals surface area contributed by atoms with Crippen LogP contribution in [0.25, 0.3) is 11.3 Å². The lowest BCUT2D eigenvalue weighted by Gasteiger charge is -2.26. The highest BCUT2D eigenvalue weighted by molar-refractivity contribution is 7.92. The Labute approximate surface area is 236 Å². The quantitative estimate of drug-likeness (QED) is 0.382. The predicted molar refractivity (Wildman–Crippen MR) is 155 cm³/mol. The van der Waals surface area contributed by atoms with Gasteiger partial charge in [0.05, 0.1) is 10.6 Å². The standard InChI is InChI=1S/C29H37N5O5S/c1-19-9-6-10-20(2)26(19)24-18-25(32-27(31-24)33-40(36,37)23-13-7-11-21(30)17-23)38-22-12-8-15-34(16-14-22)28(35)39-29(3,4)5/h6-7,9-11,13,17-18,22H,8,12,14-16,30H2,1-5H3,(H,31,32,33). The number of nitrogens with one attached hydrogen (secondary N) is 1. The molecule has 0 saturated carbocycles. The van der Waals surface area contributed by atoms with Crippen LogP contribution in [0.3, 0.4) is 0 Å². The zero-order valence-electron chi connectivity index (χ0n) is 23.6. The number of anilines is 2. The third kappa shape index (κ3) is 7.41. The van der Waals surface area contributed by atoms with Gasteiger partial charge >= 0.3 is 6.09 Å². The second-order valence-corrected chi connectivity index (χ2v) is 12.7. The molecular weight excluding hydrogens is 530 g/mol. The van der Waals surface area contributed by atoms with E-state index in [0.29, 0.717) is 37.3 Å². The van der Waals surface area contributed by atoms with E-state index in [1.54, 1.807) is 23.1 Å². The minimum Gasteiger partial charge on any atom is -0.474 e. The Bertz CT molecular complexity index is 1470. The zero-order valence-corrected chi connectivity index (χ0v) is 24.4. The van der Waals surface area contributed by atoms with Crippen molar-refractivity contribution in [1.82, 2.24) is 14.9 Å². The second-order valence-electron chi connectivity index (χ2n) is 11.0. The molecule has 0 spiro atoms. The van der Waals surface area contributed by atoms with E-state index in [9.17, 15) is 13.2 Å². The number of rotatable bonds is 6. The maximum atomic E-state index is 13.1. The number of nitrogen functional groups attached to an aromatic ring is 1. The average molecular weight is 568 g/mol. The summed E-state index contributed by atoms with van der Waals surface area (Å²) in [5.41, 5.74) is 8.94. The van der Waals surface area contributed by atoms with Crippen LogP contribution in [0.2, 0.25) is 0 Å². The maximum absolute atomic E-state index is 13.1. The van der Waals surface area contributed by atoms with Crippen molar-refractivity contribution in [3.63, 3.8) is 0 Å². The van der Waals surface area contributed by atoms with E-state index < -0.39 is 15.6 Å². The van der Waals surface area contributed by atoms with Gasteiger partial charge in [0.15, 0.2) is 0 Å². The molecular formula is C29H37N5O5S. The number of nitrogens with two attached hydrogens (primary N) is 1. The number of amides is 1. The summed E-state index contributed by atoms with van der Waals surface area (Å²) in [5.74, 6) is 0.134. The van der Waals surface area contributed by atoms with Crippen LogP contribution in [0.4, 0.5) is 16.4 Å². The molecule has 1 aliphatic rings. The summed E-state index contributed by atoms with van der Waals surface area (Å²) in [6.45, 7) is 10.5. The first kappa shape index (κ1) is 29.1.